The zero-order chi connectivity index (χ0) is 22.1. The van der Waals surface area contributed by atoms with E-state index in [-0.39, 0.29) is 22.6 Å². The minimum atomic E-state index is -0.675. The van der Waals surface area contributed by atoms with Crippen LogP contribution in [0.3, 0.4) is 0 Å². The number of nitrogens with one attached hydrogen (secondary N) is 1. The van der Waals surface area contributed by atoms with E-state index in [1.165, 1.54) is 13.2 Å². The van der Waals surface area contributed by atoms with Crippen LogP contribution in [0.5, 0.6) is 0 Å². The van der Waals surface area contributed by atoms with Gasteiger partial charge in [-0.15, -0.1) is 0 Å². The van der Waals surface area contributed by atoms with Gasteiger partial charge in [-0.1, -0.05) is 29.8 Å². The molecule has 6 nitrogen and oxygen atoms in total. The fraction of sp³-hybridized carbons (Fsp3) is 0.273. The quantitative estimate of drug-likeness (QED) is 0.573. The van der Waals surface area contributed by atoms with Crippen LogP contribution < -0.4 is 5.32 Å². The van der Waals surface area contributed by atoms with Gasteiger partial charge in [0.15, 0.2) is 5.69 Å². The van der Waals surface area contributed by atoms with Gasteiger partial charge in [0.2, 0.25) is 0 Å². The van der Waals surface area contributed by atoms with Gasteiger partial charge in [-0.2, -0.15) is 0 Å². The third-order valence-electron chi connectivity index (χ3n) is 4.29. The first-order valence-electron chi connectivity index (χ1n) is 9.25. The lowest BCUT2D eigenvalue weighted by molar-refractivity contribution is 0.0522. The Morgan fingerprint density at radius 2 is 1.80 bits per heavy atom. The molecule has 0 unspecified atom stereocenters. The fourth-order valence-electron chi connectivity index (χ4n) is 3.05. The summed E-state index contributed by atoms with van der Waals surface area (Å²) in [6.45, 7) is 5.63. The predicted octanol–water partition coefficient (Wildman–Crippen LogP) is 5.23. The van der Waals surface area contributed by atoms with E-state index in [9.17, 15) is 14.0 Å². The van der Waals surface area contributed by atoms with Gasteiger partial charge in [0.05, 0.1) is 23.0 Å². The lowest BCUT2D eigenvalue weighted by Gasteiger charge is -2.19. The van der Waals surface area contributed by atoms with Gasteiger partial charge in [-0.25, -0.2) is 14.0 Å². The number of hydrogen-bond donors (Lipinski definition) is 1. The van der Waals surface area contributed by atoms with Crippen LogP contribution in [0.2, 0.25) is 5.02 Å². The molecule has 1 heterocycles. The summed E-state index contributed by atoms with van der Waals surface area (Å²) >= 11 is 6.34. The molecule has 30 heavy (non-hydrogen) atoms. The monoisotopic (exact) mass is 432 g/mol. The van der Waals surface area contributed by atoms with E-state index in [0.29, 0.717) is 11.2 Å². The maximum absolute atomic E-state index is 14.4. The molecule has 2 aromatic carbocycles. The van der Waals surface area contributed by atoms with E-state index in [1.54, 1.807) is 61.7 Å². The molecule has 3 rings (SSSR count). The Labute approximate surface area is 178 Å². The number of carbonyl (C=O) groups is 2. The summed E-state index contributed by atoms with van der Waals surface area (Å²) in [6, 6.07) is 11.6. The molecule has 0 aliphatic heterocycles. The van der Waals surface area contributed by atoms with Crippen LogP contribution in [0.15, 0.2) is 42.5 Å². The molecule has 0 saturated carbocycles. The third-order valence-corrected chi connectivity index (χ3v) is 4.66. The number of nitrogens with zero attached hydrogens (tertiary/aromatic N) is 1. The molecule has 1 amide bonds. The van der Waals surface area contributed by atoms with E-state index in [0.717, 1.165) is 5.56 Å². The number of esters is 1. The maximum atomic E-state index is 14.4. The van der Waals surface area contributed by atoms with Crippen molar-refractivity contribution in [3.63, 3.8) is 0 Å². The van der Waals surface area contributed by atoms with E-state index in [2.05, 4.69) is 5.32 Å². The first kappa shape index (κ1) is 21.6. The SMILES string of the molecule is COC(=O)c1c(Cl)c2c(F)cccc2n1-c1ccc(CNC(=O)OC(C)(C)C)cc1. The van der Waals surface area contributed by atoms with Crippen molar-refractivity contribution in [1.82, 2.24) is 9.88 Å². The molecule has 0 bridgehead atoms. The Bertz CT molecular complexity index is 1100. The van der Waals surface area contributed by atoms with Crippen LogP contribution in [-0.4, -0.2) is 29.3 Å². The molecule has 0 fully saturated rings. The number of alkyl carbamates (subject to hydrolysis) is 1. The second-order valence-corrected chi connectivity index (χ2v) is 8.02. The molecule has 1 aromatic heterocycles. The number of hydrogen-bond acceptors (Lipinski definition) is 4. The van der Waals surface area contributed by atoms with Crippen LogP contribution in [0.1, 0.15) is 36.8 Å². The van der Waals surface area contributed by atoms with Crippen molar-refractivity contribution in [2.45, 2.75) is 32.9 Å². The van der Waals surface area contributed by atoms with Gasteiger partial charge in [0.1, 0.15) is 11.4 Å². The Morgan fingerprint density at radius 3 is 2.40 bits per heavy atom. The number of carbonyl (C=O) groups excluding carboxylic acids is 2. The highest BCUT2D eigenvalue weighted by molar-refractivity contribution is 6.38. The smallest absolute Gasteiger partial charge is 0.407 e. The van der Waals surface area contributed by atoms with Gasteiger partial charge in [0.25, 0.3) is 0 Å². The summed E-state index contributed by atoms with van der Waals surface area (Å²) in [4.78, 5) is 24.2. The highest BCUT2D eigenvalue weighted by atomic mass is 35.5. The summed E-state index contributed by atoms with van der Waals surface area (Å²) in [7, 11) is 1.24. The first-order chi connectivity index (χ1) is 14.1. The second-order valence-electron chi connectivity index (χ2n) is 7.65. The lowest BCUT2D eigenvalue weighted by Crippen LogP contribution is -2.32. The Morgan fingerprint density at radius 1 is 1.13 bits per heavy atom. The number of rotatable bonds is 4. The summed E-state index contributed by atoms with van der Waals surface area (Å²) in [6.07, 6.45) is -0.516. The Kier molecular flexibility index (Phi) is 6.03. The van der Waals surface area contributed by atoms with Gasteiger partial charge < -0.3 is 19.4 Å². The van der Waals surface area contributed by atoms with Crippen molar-refractivity contribution < 1.29 is 23.5 Å². The zero-order valence-electron chi connectivity index (χ0n) is 17.1. The molecule has 0 aliphatic rings. The fourth-order valence-corrected chi connectivity index (χ4v) is 3.40. The second kappa shape index (κ2) is 8.36. The highest BCUT2D eigenvalue weighted by Gasteiger charge is 2.25. The van der Waals surface area contributed by atoms with Gasteiger partial charge in [-0.05, 0) is 50.6 Å². The predicted molar refractivity (Wildman–Crippen MR) is 113 cm³/mol. The third kappa shape index (κ3) is 4.41. The molecular weight excluding hydrogens is 411 g/mol. The largest absolute Gasteiger partial charge is 0.464 e. The lowest BCUT2D eigenvalue weighted by atomic mass is 10.2. The van der Waals surface area contributed by atoms with E-state index >= 15 is 0 Å². The molecule has 3 aromatic rings. The van der Waals surface area contributed by atoms with E-state index < -0.39 is 23.5 Å². The van der Waals surface area contributed by atoms with Gasteiger partial charge >= 0.3 is 12.1 Å². The van der Waals surface area contributed by atoms with Crippen molar-refractivity contribution in [3.8, 4) is 5.69 Å². The van der Waals surface area contributed by atoms with Gasteiger partial charge in [0, 0.05) is 12.2 Å². The first-order valence-corrected chi connectivity index (χ1v) is 9.63. The summed E-state index contributed by atoms with van der Waals surface area (Å²) in [5.41, 5.74) is 1.32. The van der Waals surface area contributed by atoms with Crippen LogP contribution in [0, 0.1) is 5.82 Å². The molecular formula is C22H22ClFN2O4. The standard InChI is InChI=1S/C22H22ClFN2O4/c1-22(2,3)30-21(28)25-12-13-8-10-14(11-9-13)26-16-7-5-6-15(24)17(16)18(23)19(26)20(27)29-4/h5-11H,12H2,1-4H3,(H,25,28). The van der Waals surface area contributed by atoms with Crippen molar-refractivity contribution in [2.75, 3.05) is 7.11 Å². The molecule has 0 spiro atoms. The van der Waals surface area contributed by atoms with Crippen LogP contribution in [-0.2, 0) is 16.0 Å². The number of amides is 1. The average Bonchev–Trinajstić information content (AvgIpc) is 2.98. The number of ether oxygens (including phenoxy) is 2. The highest BCUT2D eigenvalue weighted by Crippen LogP contribution is 2.35. The Hall–Kier alpha value is -3.06. The number of aromatic nitrogens is 1. The number of benzene rings is 2. The summed E-state index contributed by atoms with van der Waals surface area (Å²) in [5, 5.41) is 2.82. The molecule has 0 aliphatic carbocycles. The van der Waals surface area contributed by atoms with Crippen LogP contribution >= 0.6 is 11.6 Å². The van der Waals surface area contributed by atoms with E-state index in [1.807, 2.05) is 0 Å². The minimum Gasteiger partial charge on any atom is -0.464 e. The molecule has 1 N–H and O–H groups in total. The van der Waals surface area contributed by atoms with Crippen LogP contribution in [0.4, 0.5) is 9.18 Å². The topological polar surface area (TPSA) is 69.6 Å². The maximum Gasteiger partial charge on any atom is 0.407 e. The average molecular weight is 433 g/mol. The van der Waals surface area contributed by atoms with E-state index in [4.69, 9.17) is 21.1 Å². The minimum absolute atomic E-state index is 0.00869. The van der Waals surface area contributed by atoms with Crippen molar-refractivity contribution in [1.29, 1.82) is 0 Å². The molecule has 0 radical (unpaired) electrons. The summed E-state index contributed by atoms with van der Waals surface area (Å²) in [5.74, 6) is -1.20. The number of halogens is 2. The number of methoxy groups -OCH3 is 1. The molecule has 0 atom stereocenters. The molecule has 0 saturated heterocycles. The van der Waals surface area contributed by atoms with Crippen molar-refractivity contribution >= 4 is 34.6 Å². The van der Waals surface area contributed by atoms with Gasteiger partial charge in [-0.3, -0.25) is 0 Å². The van der Waals surface area contributed by atoms with Crippen molar-refractivity contribution in [2.24, 2.45) is 0 Å². The normalized spacial score (nSPS) is 11.4. The van der Waals surface area contributed by atoms with Crippen LogP contribution in [0.25, 0.3) is 16.6 Å². The zero-order valence-corrected chi connectivity index (χ0v) is 17.8. The Balaban J connectivity index is 1.94. The number of fused-ring (bicyclic) bond motifs is 1. The molecule has 8 heteroatoms. The summed E-state index contributed by atoms with van der Waals surface area (Å²) < 4.78 is 26.0. The van der Waals surface area contributed by atoms with Crippen molar-refractivity contribution in [3.05, 3.63) is 64.6 Å². The molecule has 158 valence electrons.